The van der Waals surface area contributed by atoms with Crippen LogP contribution >= 0.6 is 0 Å². The molecule has 0 amide bonds. The van der Waals surface area contributed by atoms with Gasteiger partial charge in [0.2, 0.25) is 0 Å². The summed E-state index contributed by atoms with van der Waals surface area (Å²) in [5.41, 5.74) is 1.01. The fraction of sp³-hybridized carbons (Fsp3) is 0.762. The number of hydrogen-bond acceptors (Lipinski definition) is 7. The molecule has 0 heterocycles. The van der Waals surface area contributed by atoms with Gasteiger partial charge in [-0.2, -0.15) is 0 Å². The first kappa shape index (κ1) is 60.1. The monoisotopic (exact) mass is 596 g/mol. The van der Waals surface area contributed by atoms with Crippen LogP contribution in [0.4, 0.5) is 0 Å². The summed E-state index contributed by atoms with van der Waals surface area (Å²) in [6.45, 7) is 24.9. The zero-order chi connectivity index (χ0) is 24.0. The Hall–Kier alpha value is 2.32. The Morgan fingerprint density at radius 3 is 0.727 bits per heavy atom. The molecule has 2 radical (unpaired) electrons. The van der Waals surface area contributed by atoms with Gasteiger partial charge in [0.1, 0.15) is 0 Å². The van der Waals surface area contributed by atoms with Gasteiger partial charge in [-0.25, -0.2) is 0 Å². The zero-order valence-electron chi connectivity index (χ0n) is 23.3. The molecule has 0 atom stereocenters. The zero-order valence-corrected chi connectivity index (χ0v) is 32.3. The molecule has 0 aromatic heterocycles. The second-order valence-corrected chi connectivity index (χ2v) is 10.1. The summed E-state index contributed by atoms with van der Waals surface area (Å²) in [6, 6.07) is 0. The Labute approximate surface area is 311 Å². The van der Waals surface area contributed by atoms with E-state index in [0.717, 1.165) is 11.4 Å². The van der Waals surface area contributed by atoms with Crippen LogP contribution in [0.5, 0.6) is 0 Å². The van der Waals surface area contributed by atoms with Crippen molar-refractivity contribution >= 4 is 24.4 Å². The quantitative estimate of drug-likeness (QED) is 0.154. The summed E-state index contributed by atoms with van der Waals surface area (Å²) >= 11 is 0. The second-order valence-electron chi connectivity index (χ2n) is 10.1. The van der Waals surface area contributed by atoms with Crippen LogP contribution in [-0.4, -0.2) is 29.5 Å². The molecule has 12 heteroatoms. The van der Waals surface area contributed by atoms with Crippen LogP contribution in [0.2, 0.25) is 0 Å². The Morgan fingerprint density at radius 1 is 0.636 bits per heavy atom. The molecule has 0 aliphatic heterocycles. The molecule has 0 spiro atoms. The van der Waals surface area contributed by atoms with E-state index in [2.05, 4.69) is 10.3 Å². The summed E-state index contributed by atoms with van der Waals surface area (Å²) in [6.07, 6.45) is 0. The molecule has 0 aliphatic carbocycles. The minimum atomic E-state index is -0.111. The topological polar surface area (TPSA) is 148 Å². The largest absolute Gasteiger partial charge is 1.00 e. The van der Waals surface area contributed by atoms with E-state index in [1.54, 1.807) is 0 Å². The molecule has 0 saturated heterocycles. The normalized spacial score (nSPS) is 9.33. The second kappa shape index (κ2) is 28.9. The fourth-order valence-corrected chi connectivity index (χ4v) is 2.80. The maximum Gasteiger partial charge on any atom is 1.00 e. The van der Waals surface area contributed by atoms with Gasteiger partial charge < -0.3 is 54.4 Å². The maximum atomic E-state index is 10.5. The third-order valence-corrected chi connectivity index (χ3v) is 3.02. The van der Waals surface area contributed by atoms with E-state index in [1.807, 2.05) is 83.1 Å². The van der Waals surface area contributed by atoms with Gasteiger partial charge in [-0.3, -0.25) is 0 Å². The summed E-state index contributed by atoms with van der Waals surface area (Å²) in [5, 5.41) is 42.1. The van der Waals surface area contributed by atoms with Crippen molar-refractivity contribution < 1.29 is 160 Å². The molecular weight excluding hydrogens is 556 g/mol. The van der Waals surface area contributed by atoms with Gasteiger partial charge in [0, 0.05) is 48.5 Å². The molecule has 0 rings (SSSR count). The standard InChI is InChI=1S/2C9H19NO.CHO2.CO2.CH3.2K.2V/c2*1-8(2,3)7(10-11)9(4,5)6;2*2-1-3;;;;;/h2*11H,1-6H3;(H,2,3);;1H3;;;;/q;;-1;-2;-1;2*+1;;/p-2. The van der Waals surface area contributed by atoms with E-state index < -0.39 is 0 Å². The van der Waals surface area contributed by atoms with Crippen molar-refractivity contribution in [3.63, 3.8) is 0 Å². The van der Waals surface area contributed by atoms with Crippen LogP contribution in [0.25, 0.3) is 0 Å². The molecule has 0 bridgehead atoms. The van der Waals surface area contributed by atoms with Gasteiger partial charge in [-0.1, -0.05) is 89.6 Å². The van der Waals surface area contributed by atoms with E-state index >= 15 is 0 Å². The van der Waals surface area contributed by atoms with Gasteiger partial charge in [-0.15, -0.1) is 0 Å². The molecule has 0 aliphatic rings. The summed E-state index contributed by atoms with van der Waals surface area (Å²) in [5.74, 6) is 0. The summed E-state index contributed by atoms with van der Waals surface area (Å²) < 4.78 is 0. The number of aliphatic hydroxyl groups excluding tert-OH is 1. The van der Waals surface area contributed by atoms with Crippen molar-refractivity contribution in [2.45, 2.75) is 83.1 Å². The first-order valence-electron chi connectivity index (χ1n) is 8.65. The van der Waals surface area contributed by atoms with Crippen LogP contribution in [0, 0.1) is 39.5 Å². The average molecular weight is 597 g/mol. The van der Waals surface area contributed by atoms with Gasteiger partial charge in [0.25, 0.3) is 0 Å². The molecule has 0 unspecified atom stereocenters. The Morgan fingerprint density at radius 2 is 0.727 bits per heavy atom. The number of rotatable bonds is 0. The van der Waals surface area contributed by atoms with Gasteiger partial charge in [0.15, 0.2) is 0 Å². The first-order chi connectivity index (χ1) is 12.2. The smallest absolute Gasteiger partial charge is 0.794 e. The van der Waals surface area contributed by atoms with E-state index in [9.17, 15) is 10.4 Å². The molecular formula is C21H40K2N2O6V2-4. The Kier molecular flexibility index (Phi) is 52.6. The molecule has 186 valence electrons. The molecule has 0 aromatic carbocycles. The van der Waals surface area contributed by atoms with Crippen molar-refractivity contribution in [2.75, 3.05) is 0 Å². The van der Waals surface area contributed by atoms with Crippen molar-refractivity contribution in [3.8, 4) is 0 Å². The molecule has 0 fully saturated rings. The maximum absolute atomic E-state index is 10.5. The van der Waals surface area contributed by atoms with Crippen molar-refractivity contribution in [1.29, 1.82) is 0 Å². The minimum absolute atomic E-state index is 0. The van der Waals surface area contributed by atoms with E-state index in [0.29, 0.717) is 6.47 Å². The predicted molar refractivity (Wildman–Crippen MR) is 120 cm³/mol. The van der Waals surface area contributed by atoms with E-state index in [4.69, 9.17) is 19.8 Å². The van der Waals surface area contributed by atoms with Crippen LogP contribution in [0.15, 0.2) is 10.3 Å². The Bertz CT molecular complexity index is 429. The van der Waals surface area contributed by atoms with Crippen LogP contribution < -0.4 is 108 Å². The number of carbonyl (C=O) groups excluding carboxylic acids is 1. The summed E-state index contributed by atoms with van der Waals surface area (Å²) in [4.78, 5) is 16.4. The number of hydrogen-bond donors (Lipinski definition) is 1. The molecule has 0 aromatic rings. The van der Waals surface area contributed by atoms with E-state index in [1.165, 1.54) is 0 Å². The van der Waals surface area contributed by atoms with Gasteiger partial charge >= 0.3 is 103 Å². The minimum Gasteiger partial charge on any atom is -0.794 e. The van der Waals surface area contributed by atoms with Gasteiger partial charge in [0.05, 0.1) is 0 Å². The number of nitrogens with zero attached hydrogens (tertiary/aromatic N) is 2. The molecule has 8 nitrogen and oxygen atoms in total. The van der Waals surface area contributed by atoms with Crippen LogP contribution in [0.1, 0.15) is 83.1 Å². The molecule has 33 heavy (non-hydrogen) atoms. The van der Waals surface area contributed by atoms with E-state index in [-0.39, 0.29) is 175 Å². The van der Waals surface area contributed by atoms with Gasteiger partial charge in [-0.05, 0) is 21.7 Å². The summed E-state index contributed by atoms with van der Waals surface area (Å²) in [7, 11) is 0. The third kappa shape index (κ3) is 39.0. The predicted octanol–water partition coefficient (Wildman–Crippen LogP) is -1.62. The first-order valence-corrected chi connectivity index (χ1v) is 8.65. The average Bonchev–Trinajstić information content (AvgIpc) is 2.35. The Balaban J connectivity index is -0.0000000357. The van der Waals surface area contributed by atoms with Crippen molar-refractivity contribution in [3.05, 3.63) is 17.8 Å². The molecule has 0 saturated carbocycles. The SMILES string of the molecule is CC(C)(C)C(=N[O-])C(C)(C)C.CC(C)(C)C(=N[O-])C(C)(C)C.O=[C-]O.O=[C-][O-].[CH3-].[K+].[K+].[V].[V]. The fourth-order valence-electron chi connectivity index (χ4n) is 2.80. The van der Waals surface area contributed by atoms with Crippen molar-refractivity contribution in [2.24, 2.45) is 32.0 Å². The molecule has 1 N–H and O–H groups in total. The van der Waals surface area contributed by atoms with Crippen LogP contribution in [0.3, 0.4) is 0 Å². The van der Waals surface area contributed by atoms with Crippen molar-refractivity contribution in [1.82, 2.24) is 0 Å². The third-order valence-electron chi connectivity index (χ3n) is 3.02. The van der Waals surface area contributed by atoms with Crippen LogP contribution in [-0.2, 0) is 46.7 Å².